The minimum absolute atomic E-state index is 0.128. The zero-order valence-electron chi connectivity index (χ0n) is 16.8. The molecule has 0 spiro atoms. The van der Waals surface area contributed by atoms with Gasteiger partial charge < -0.3 is 15.0 Å². The van der Waals surface area contributed by atoms with E-state index in [9.17, 15) is 9.59 Å². The molecule has 29 heavy (non-hydrogen) atoms. The van der Waals surface area contributed by atoms with Crippen molar-refractivity contribution >= 4 is 11.9 Å². The number of amides is 3. The van der Waals surface area contributed by atoms with Gasteiger partial charge in [-0.05, 0) is 38.0 Å². The topological polar surface area (TPSA) is 79.9 Å². The third kappa shape index (κ3) is 5.48. The van der Waals surface area contributed by atoms with E-state index in [0.29, 0.717) is 31.7 Å². The number of hydrogen-bond donors (Lipinski definition) is 2. The zero-order valence-corrected chi connectivity index (χ0v) is 16.8. The molecule has 1 fully saturated rings. The lowest BCUT2D eigenvalue weighted by atomic mass is 9.96. The molecule has 3 rings (SSSR count). The van der Waals surface area contributed by atoms with Crippen molar-refractivity contribution in [1.29, 1.82) is 0 Å². The molecule has 0 saturated carbocycles. The van der Waals surface area contributed by atoms with Crippen molar-refractivity contribution in [2.75, 3.05) is 20.2 Å². The quantitative estimate of drug-likeness (QED) is 0.730. The van der Waals surface area contributed by atoms with E-state index in [-0.39, 0.29) is 23.9 Å². The van der Waals surface area contributed by atoms with Crippen LogP contribution in [0.2, 0.25) is 0 Å². The summed E-state index contributed by atoms with van der Waals surface area (Å²) < 4.78 is 6.00. The zero-order chi connectivity index (χ0) is 20.6. The first-order chi connectivity index (χ1) is 14.1. The Morgan fingerprint density at radius 3 is 2.38 bits per heavy atom. The number of rotatable bonds is 6. The Morgan fingerprint density at radius 1 is 1.03 bits per heavy atom. The summed E-state index contributed by atoms with van der Waals surface area (Å²) in [4.78, 5) is 31.0. The average molecular weight is 397 g/mol. The number of hydroxylamine groups is 1. The van der Waals surface area contributed by atoms with E-state index in [4.69, 9.17) is 4.74 Å². The van der Waals surface area contributed by atoms with Gasteiger partial charge >= 0.3 is 6.03 Å². The highest BCUT2D eigenvalue weighted by molar-refractivity contribution is 5.79. The Hall–Kier alpha value is -3.06. The van der Waals surface area contributed by atoms with Crippen LogP contribution in [0.4, 0.5) is 4.79 Å². The number of para-hydroxylation sites is 2. The molecule has 0 bridgehead atoms. The summed E-state index contributed by atoms with van der Waals surface area (Å²) in [6.45, 7) is 2.99. The van der Waals surface area contributed by atoms with Crippen LogP contribution in [0, 0.1) is 5.92 Å². The standard InChI is InChI=1S/C22H27N3O4/c1-16(19-10-6-7-11-20(19)29-18-8-4-3-5-9-18)23-22(27)25-14-12-17(13-15-25)21(26)24-28-2/h3-11,16-17H,12-15H2,1-2H3,(H,23,27)(H,24,26). The van der Waals surface area contributed by atoms with Gasteiger partial charge in [0.25, 0.3) is 0 Å². The minimum atomic E-state index is -0.225. The van der Waals surface area contributed by atoms with Crippen molar-refractivity contribution in [3.8, 4) is 11.5 Å². The van der Waals surface area contributed by atoms with Crippen LogP contribution >= 0.6 is 0 Å². The molecular weight excluding hydrogens is 370 g/mol. The lowest BCUT2D eigenvalue weighted by molar-refractivity contribution is -0.136. The molecule has 2 aromatic carbocycles. The fraction of sp³-hybridized carbons (Fsp3) is 0.364. The predicted molar refractivity (Wildman–Crippen MR) is 109 cm³/mol. The van der Waals surface area contributed by atoms with Crippen LogP contribution < -0.4 is 15.5 Å². The predicted octanol–water partition coefficient (Wildman–Crippen LogP) is 3.64. The summed E-state index contributed by atoms with van der Waals surface area (Å²) in [5.74, 6) is 1.20. The number of ether oxygens (including phenoxy) is 1. The summed E-state index contributed by atoms with van der Waals surface area (Å²) in [6.07, 6.45) is 1.23. The normalized spacial score (nSPS) is 15.4. The number of carbonyl (C=O) groups is 2. The molecule has 2 N–H and O–H groups in total. The Kier molecular flexibility index (Phi) is 7.08. The van der Waals surface area contributed by atoms with E-state index in [1.165, 1.54) is 7.11 Å². The number of piperidine rings is 1. The summed E-state index contributed by atoms with van der Waals surface area (Å²) in [6, 6.07) is 16.9. The number of urea groups is 1. The highest BCUT2D eigenvalue weighted by Gasteiger charge is 2.28. The lowest BCUT2D eigenvalue weighted by Crippen LogP contribution is -2.47. The summed E-state index contributed by atoms with van der Waals surface area (Å²) in [5.41, 5.74) is 3.27. The van der Waals surface area contributed by atoms with E-state index in [0.717, 1.165) is 11.3 Å². The second-order valence-electron chi connectivity index (χ2n) is 7.06. The molecule has 7 heteroatoms. The Labute approximate surface area is 170 Å². The van der Waals surface area contributed by atoms with Gasteiger partial charge in [0.1, 0.15) is 11.5 Å². The van der Waals surface area contributed by atoms with Gasteiger partial charge in [0.2, 0.25) is 5.91 Å². The van der Waals surface area contributed by atoms with Gasteiger partial charge in [-0.15, -0.1) is 0 Å². The molecular formula is C22H27N3O4. The molecule has 1 saturated heterocycles. The Balaban J connectivity index is 1.59. The third-order valence-corrected chi connectivity index (χ3v) is 5.05. The van der Waals surface area contributed by atoms with E-state index >= 15 is 0 Å². The van der Waals surface area contributed by atoms with Crippen molar-refractivity contribution in [3.05, 3.63) is 60.2 Å². The molecule has 1 aliphatic heterocycles. The van der Waals surface area contributed by atoms with E-state index < -0.39 is 0 Å². The fourth-order valence-corrected chi connectivity index (χ4v) is 3.43. The maximum Gasteiger partial charge on any atom is 0.317 e. The minimum Gasteiger partial charge on any atom is -0.457 e. The van der Waals surface area contributed by atoms with Gasteiger partial charge in [0, 0.05) is 24.6 Å². The van der Waals surface area contributed by atoms with E-state index in [2.05, 4.69) is 15.6 Å². The SMILES string of the molecule is CONC(=O)C1CCN(C(=O)NC(C)c2ccccc2Oc2ccccc2)CC1. The van der Waals surface area contributed by atoms with Gasteiger partial charge in [-0.2, -0.15) is 0 Å². The molecule has 0 aliphatic carbocycles. The van der Waals surface area contributed by atoms with Crippen LogP contribution in [-0.4, -0.2) is 37.0 Å². The number of nitrogens with one attached hydrogen (secondary N) is 2. The first-order valence-electron chi connectivity index (χ1n) is 9.78. The van der Waals surface area contributed by atoms with E-state index in [1.54, 1.807) is 4.90 Å². The first kappa shape index (κ1) is 20.7. The maximum atomic E-state index is 12.7. The van der Waals surface area contributed by atoms with Crippen molar-refractivity contribution in [2.24, 2.45) is 5.92 Å². The second kappa shape index (κ2) is 9.93. The van der Waals surface area contributed by atoms with Gasteiger partial charge in [0.15, 0.2) is 0 Å². The summed E-state index contributed by atoms with van der Waals surface area (Å²) in [5, 5.41) is 3.04. The maximum absolute atomic E-state index is 12.7. The number of hydrogen-bond acceptors (Lipinski definition) is 4. The van der Waals surface area contributed by atoms with Crippen LogP contribution in [-0.2, 0) is 9.63 Å². The Bertz CT molecular complexity index is 820. The van der Waals surface area contributed by atoms with Crippen molar-refractivity contribution in [2.45, 2.75) is 25.8 Å². The molecule has 2 aromatic rings. The van der Waals surface area contributed by atoms with E-state index in [1.807, 2.05) is 61.5 Å². The van der Waals surface area contributed by atoms with Crippen LogP contribution in [0.1, 0.15) is 31.4 Å². The third-order valence-electron chi connectivity index (χ3n) is 5.05. The molecule has 154 valence electrons. The molecule has 7 nitrogen and oxygen atoms in total. The van der Waals surface area contributed by atoms with Gasteiger partial charge in [-0.25, -0.2) is 10.3 Å². The summed E-state index contributed by atoms with van der Waals surface area (Å²) in [7, 11) is 1.42. The van der Waals surface area contributed by atoms with Gasteiger partial charge in [0.05, 0.1) is 13.2 Å². The summed E-state index contributed by atoms with van der Waals surface area (Å²) >= 11 is 0. The molecule has 0 radical (unpaired) electrons. The number of benzene rings is 2. The lowest BCUT2D eigenvalue weighted by Gasteiger charge is -2.32. The largest absolute Gasteiger partial charge is 0.457 e. The van der Waals surface area contributed by atoms with Crippen molar-refractivity contribution in [3.63, 3.8) is 0 Å². The van der Waals surface area contributed by atoms with Gasteiger partial charge in [-0.1, -0.05) is 36.4 Å². The Morgan fingerprint density at radius 2 is 1.69 bits per heavy atom. The molecule has 1 atom stereocenters. The molecule has 1 heterocycles. The molecule has 1 unspecified atom stereocenters. The van der Waals surface area contributed by atoms with Crippen molar-refractivity contribution in [1.82, 2.24) is 15.7 Å². The first-order valence-corrected chi connectivity index (χ1v) is 9.78. The van der Waals surface area contributed by atoms with Crippen LogP contribution in [0.5, 0.6) is 11.5 Å². The van der Waals surface area contributed by atoms with Gasteiger partial charge in [-0.3, -0.25) is 9.63 Å². The smallest absolute Gasteiger partial charge is 0.317 e. The number of likely N-dealkylation sites (tertiary alicyclic amines) is 1. The number of carbonyl (C=O) groups excluding carboxylic acids is 2. The highest BCUT2D eigenvalue weighted by Crippen LogP contribution is 2.29. The monoisotopic (exact) mass is 397 g/mol. The molecule has 0 aromatic heterocycles. The van der Waals surface area contributed by atoms with Crippen LogP contribution in [0.25, 0.3) is 0 Å². The highest BCUT2D eigenvalue weighted by atomic mass is 16.6. The fourth-order valence-electron chi connectivity index (χ4n) is 3.43. The molecule has 3 amide bonds. The number of nitrogens with zero attached hydrogens (tertiary/aromatic N) is 1. The average Bonchev–Trinajstić information content (AvgIpc) is 2.75. The molecule has 1 aliphatic rings. The van der Waals surface area contributed by atoms with Crippen LogP contribution in [0.15, 0.2) is 54.6 Å². The van der Waals surface area contributed by atoms with Crippen molar-refractivity contribution < 1.29 is 19.2 Å². The second-order valence-corrected chi connectivity index (χ2v) is 7.06. The van der Waals surface area contributed by atoms with Crippen LogP contribution in [0.3, 0.4) is 0 Å².